The van der Waals surface area contributed by atoms with Gasteiger partial charge in [-0.2, -0.15) is 4.98 Å². The number of rotatable bonds is 5. The molecule has 0 aliphatic rings. The third kappa shape index (κ3) is 4.28. The van der Waals surface area contributed by atoms with E-state index in [1.54, 1.807) is 28.8 Å². The van der Waals surface area contributed by atoms with Crippen LogP contribution < -0.4 is 15.5 Å². The predicted octanol–water partition coefficient (Wildman–Crippen LogP) is 2.57. The van der Waals surface area contributed by atoms with Crippen LogP contribution in [0.2, 0.25) is 5.02 Å². The van der Waals surface area contributed by atoms with Gasteiger partial charge in [-0.25, -0.2) is 4.79 Å². The fourth-order valence-corrected chi connectivity index (χ4v) is 2.52. The van der Waals surface area contributed by atoms with Crippen molar-refractivity contribution < 1.29 is 4.79 Å². The molecule has 1 heterocycles. The second-order valence-electron chi connectivity index (χ2n) is 4.63. The number of hydrogen-bond acceptors (Lipinski definition) is 5. The second kappa shape index (κ2) is 7.37. The summed E-state index contributed by atoms with van der Waals surface area (Å²) >= 11 is 7.65. The highest BCUT2D eigenvalue weighted by molar-refractivity contribution is 7.98. The van der Waals surface area contributed by atoms with E-state index in [1.165, 1.54) is 0 Å². The molecule has 118 valence electrons. The first-order valence-electron chi connectivity index (χ1n) is 6.46. The van der Waals surface area contributed by atoms with Crippen molar-refractivity contribution in [3.63, 3.8) is 0 Å². The zero-order valence-electron chi connectivity index (χ0n) is 12.5. The number of aromatic nitrogens is 3. The molecule has 0 fully saturated rings. The lowest BCUT2D eigenvalue weighted by Gasteiger charge is -2.08. The van der Waals surface area contributed by atoms with Crippen LogP contribution in [0.4, 0.5) is 16.4 Å². The van der Waals surface area contributed by atoms with E-state index in [2.05, 4.69) is 25.8 Å². The number of nitrogens with zero attached hydrogens (tertiary/aromatic N) is 3. The topological polar surface area (TPSA) is 85.9 Å². The summed E-state index contributed by atoms with van der Waals surface area (Å²) in [5, 5.41) is 12.8. The Morgan fingerprint density at radius 3 is 2.82 bits per heavy atom. The number of halogens is 1. The maximum absolute atomic E-state index is 11.8. The zero-order chi connectivity index (χ0) is 16.1. The molecule has 0 unspecified atom stereocenters. The summed E-state index contributed by atoms with van der Waals surface area (Å²) in [4.78, 5) is 18.8. The fraction of sp³-hybridized carbons (Fsp3) is 0.308. The summed E-state index contributed by atoms with van der Waals surface area (Å²) in [7, 11) is 3.68. The summed E-state index contributed by atoms with van der Waals surface area (Å²) in [6.07, 6.45) is 1.94. The molecule has 1 aromatic carbocycles. The van der Waals surface area contributed by atoms with Gasteiger partial charge < -0.3 is 15.5 Å². The van der Waals surface area contributed by atoms with E-state index in [9.17, 15) is 4.79 Å². The molecule has 0 bridgehead atoms. The van der Waals surface area contributed by atoms with E-state index in [4.69, 9.17) is 11.6 Å². The maximum Gasteiger partial charge on any atom is 0.319 e. The Balaban J connectivity index is 1.88. The molecule has 22 heavy (non-hydrogen) atoms. The molecule has 0 radical (unpaired) electrons. The van der Waals surface area contributed by atoms with Crippen molar-refractivity contribution >= 4 is 41.0 Å². The van der Waals surface area contributed by atoms with Gasteiger partial charge in [-0.1, -0.05) is 11.6 Å². The van der Waals surface area contributed by atoms with Crippen LogP contribution in [0, 0.1) is 0 Å². The molecule has 2 aromatic rings. The van der Waals surface area contributed by atoms with Gasteiger partial charge in [0.1, 0.15) is 5.82 Å². The van der Waals surface area contributed by atoms with Gasteiger partial charge >= 0.3 is 6.03 Å². The van der Waals surface area contributed by atoms with E-state index < -0.39 is 0 Å². The van der Waals surface area contributed by atoms with Crippen molar-refractivity contribution in [3.05, 3.63) is 29.0 Å². The van der Waals surface area contributed by atoms with Crippen LogP contribution in [-0.2, 0) is 6.54 Å². The normalized spacial score (nSPS) is 10.4. The lowest BCUT2D eigenvalue weighted by Crippen LogP contribution is -2.28. The SMILES string of the molecule is CSc1ccc(NC(=O)NCc2nc(N(C)C)n[nH]2)cc1Cl. The summed E-state index contributed by atoms with van der Waals surface area (Å²) in [6, 6.07) is 5.04. The van der Waals surface area contributed by atoms with Crippen molar-refractivity contribution in [3.8, 4) is 0 Å². The minimum atomic E-state index is -0.337. The molecule has 0 atom stereocenters. The van der Waals surface area contributed by atoms with Gasteiger partial charge in [-0.3, -0.25) is 5.10 Å². The molecule has 0 aliphatic carbocycles. The van der Waals surface area contributed by atoms with E-state index in [0.29, 0.717) is 22.5 Å². The van der Waals surface area contributed by atoms with Crippen LogP contribution in [0.15, 0.2) is 23.1 Å². The molecular weight excluding hydrogens is 324 g/mol. The van der Waals surface area contributed by atoms with Crippen LogP contribution in [0.1, 0.15) is 5.82 Å². The van der Waals surface area contributed by atoms with Crippen molar-refractivity contribution in [2.75, 3.05) is 30.6 Å². The number of aromatic amines is 1. The van der Waals surface area contributed by atoms with Crippen LogP contribution >= 0.6 is 23.4 Å². The standard InChI is InChI=1S/C13H17ClN6OS/c1-20(2)12-17-11(18-19-12)7-15-13(21)16-8-4-5-10(22-3)9(14)6-8/h4-6H,7H2,1-3H3,(H2,15,16,21)(H,17,18,19). The average molecular weight is 341 g/mol. The fourth-order valence-electron chi connectivity index (χ4n) is 1.65. The molecule has 2 rings (SSSR count). The second-order valence-corrected chi connectivity index (χ2v) is 5.89. The van der Waals surface area contributed by atoms with Gasteiger partial charge in [0.25, 0.3) is 0 Å². The van der Waals surface area contributed by atoms with E-state index >= 15 is 0 Å². The lowest BCUT2D eigenvalue weighted by molar-refractivity contribution is 0.251. The van der Waals surface area contributed by atoms with E-state index in [0.717, 1.165) is 4.90 Å². The Hall–Kier alpha value is -1.93. The number of H-pyrrole nitrogens is 1. The first-order valence-corrected chi connectivity index (χ1v) is 8.07. The minimum Gasteiger partial charge on any atom is -0.346 e. The largest absolute Gasteiger partial charge is 0.346 e. The lowest BCUT2D eigenvalue weighted by atomic mass is 10.3. The molecule has 0 spiro atoms. The Morgan fingerprint density at radius 2 is 2.23 bits per heavy atom. The predicted molar refractivity (Wildman–Crippen MR) is 89.8 cm³/mol. The Morgan fingerprint density at radius 1 is 1.45 bits per heavy atom. The summed E-state index contributed by atoms with van der Waals surface area (Å²) in [6.45, 7) is 0.253. The third-order valence-electron chi connectivity index (χ3n) is 2.75. The highest BCUT2D eigenvalue weighted by Crippen LogP contribution is 2.27. The van der Waals surface area contributed by atoms with Crippen molar-refractivity contribution in [1.29, 1.82) is 0 Å². The number of nitrogens with one attached hydrogen (secondary N) is 3. The van der Waals surface area contributed by atoms with Crippen molar-refractivity contribution in [2.45, 2.75) is 11.4 Å². The van der Waals surface area contributed by atoms with E-state index in [1.807, 2.05) is 26.4 Å². The van der Waals surface area contributed by atoms with Gasteiger partial charge in [0.15, 0.2) is 0 Å². The van der Waals surface area contributed by atoms with Gasteiger partial charge in [0.05, 0.1) is 11.6 Å². The van der Waals surface area contributed by atoms with Gasteiger partial charge in [0.2, 0.25) is 5.95 Å². The Kier molecular flexibility index (Phi) is 5.51. The molecule has 0 saturated carbocycles. The molecule has 1 aromatic heterocycles. The minimum absolute atomic E-state index is 0.253. The number of urea groups is 1. The average Bonchev–Trinajstić information content (AvgIpc) is 2.94. The van der Waals surface area contributed by atoms with Crippen LogP contribution in [0.3, 0.4) is 0 Å². The summed E-state index contributed by atoms with van der Waals surface area (Å²) in [5.74, 6) is 1.14. The highest BCUT2D eigenvalue weighted by atomic mass is 35.5. The molecule has 3 N–H and O–H groups in total. The molecule has 0 saturated heterocycles. The number of thioether (sulfide) groups is 1. The zero-order valence-corrected chi connectivity index (χ0v) is 14.0. The first kappa shape index (κ1) is 16.4. The highest BCUT2D eigenvalue weighted by Gasteiger charge is 2.08. The number of benzene rings is 1. The Bertz CT molecular complexity index is 660. The van der Waals surface area contributed by atoms with Crippen LogP contribution in [0.5, 0.6) is 0 Å². The molecule has 0 aliphatic heterocycles. The van der Waals surface area contributed by atoms with Gasteiger partial charge in [-0.15, -0.1) is 16.9 Å². The van der Waals surface area contributed by atoms with Crippen LogP contribution in [0.25, 0.3) is 0 Å². The summed E-state index contributed by atoms with van der Waals surface area (Å²) in [5.41, 5.74) is 0.631. The number of amides is 2. The van der Waals surface area contributed by atoms with Gasteiger partial charge in [-0.05, 0) is 24.5 Å². The first-order chi connectivity index (χ1) is 10.5. The molecule has 9 heteroatoms. The van der Waals surface area contributed by atoms with Crippen LogP contribution in [-0.4, -0.2) is 41.6 Å². The number of carbonyl (C=O) groups excluding carboxylic acids is 1. The third-order valence-corrected chi connectivity index (χ3v) is 3.97. The molecular formula is C13H17ClN6OS. The monoisotopic (exact) mass is 340 g/mol. The number of anilines is 2. The van der Waals surface area contributed by atoms with Gasteiger partial charge in [0, 0.05) is 24.7 Å². The maximum atomic E-state index is 11.8. The molecule has 7 nitrogen and oxygen atoms in total. The quantitative estimate of drug-likeness (QED) is 0.728. The van der Waals surface area contributed by atoms with Crippen molar-refractivity contribution in [2.24, 2.45) is 0 Å². The summed E-state index contributed by atoms with van der Waals surface area (Å²) < 4.78 is 0. The number of hydrogen-bond donors (Lipinski definition) is 3. The number of carbonyl (C=O) groups is 1. The Labute approximate surface area is 137 Å². The van der Waals surface area contributed by atoms with Crippen molar-refractivity contribution in [1.82, 2.24) is 20.5 Å². The van der Waals surface area contributed by atoms with E-state index in [-0.39, 0.29) is 12.6 Å². The molecule has 2 amide bonds. The smallest absolute Gasteiger partial charge is 0.319 e.